The van der Waals surface area contributed by atoms with Crippen LogP contribution < -0.4 is 10.9 Å². The predicted molar refractivity (Wildman–Crippen MR) is 62.1 cm³/mol. The number of ketones is 1. The number of fused-ring (bicyclic) bond motifs is 2. The maximum atomic E-state index is 12.4. The number of hydrogen-bond acceptors (Lipinski definition) is 4. The van der Waals surface area contributed by atoms with Crippen LogP contribution in [-0.2, 0) is 9.53 Å². The summed E-state index contributed by atoms with van der Waals surface area (Å²) in [5.74, 6) is 0.479. The number of carbonyl (C=O) groups excluding carboxylic acids is 2. The molecule has 5 heteroatoms. The summed E-state index contributed by atoms with van der Waals surface area (Å²) in [5.41, 5.74) is 4.95. The smallest absolute Gasteiger partial charge is 0.421 e. The van der Waals surface area contributed by atoms with Gasteiger partial charge in [0.2, 0.25) is 0 Å². The second-order valence-corrected chi connectivity index (χ2v) is 5.80. The van der Waals surface area contributed by atoms with E-state index in [9.17, 15) is 9.59 Å². The van der Waals surface area contributed by atoms with Crippen LogP contribution in [0.15, 0.2) is 0 Å². The van der Waals surface area contributed by atoms with Crippen LogP contribution in [0.4, 0.5) is 4.79 Å². The molecule has 2 N–H and O–H groups in total. The number of rotatable bonds is 2. The number of carbonyl (C=O) groups is 2. The molecule has 0 radical (unpaired) electrons. The van der Waals surface area contributed by atoms with Gasteiger partial charge >= 0.3 is 6.09 Å². The van der Waals surface area contributed by atoms with Crippen molar-refractivity contribution in [2.75, 3.05) is 7.11 Å². The summed E-state index contributed by atoms with van der Waals surface area (Å²) in [5, 5.41) is 0. The van der Waals surface area contributed by atoms with Crippen molar-refractivity contribution in [3.8, 4) is 0 Å². The first kappa shape index (κ1) is 12.4. The third-order valence-electron chi connectivity index (χ3n) is 5.05. The molecule has 2 fully saturated rings. The van der Waals surface area contributed by atoms with Crippen molar-refractivity contribution in [2.24, 2.45) is 16.7 Å². The van der Waals surface area contributed by atoms with Crippen molar-refractivity contribution in [1.29, 1.82) is 0 Å². The van der Waals surface area contributed by atoms with E-state index in [2.05, 4.69) is 29.4 Å². The van der Waals surface area contributed by atoms with Crippen LogP contribution in [0.25, 0.3) is 0 Å². The van der Waals surface area contributed by atoms with E-state index in [4.69, 9.17) is 0 Å². The number of ether oxygens (including phenoxy) is 1. The Bertz CT molecular complexity index is 367. The fourth-order valence-corrected chi connectivity index (χ4v) is 3.44. The Morgan fingerprint density at radius 3 is 2.53 bits per heavy atom. The van der Waals surface area contributed by atoms with Gasteiger partial charge in [-0.05, 0) is 24.2 Å². The molecule has 2 rings (SSSR count). The molecule has 1 amide bonds. The number of amides is 1. The molecular formula is C12H20N2O3. The van der Waals surface area contributed by atoms with Gasteiger partial charge in [0.25, 0.3) is 0 Å². The fourth-order valence-electron chi connectivity index (χ4n) is 3.44. The number of hydrazine groups is 1. The Morgan fingerprint density at radius 1 is 1.41 bits per heavy atom. The molecular weight excluding hydrogens is 220 g/mol. The van der Waals surface area contributed by atoms with E-state index in [1.165, 1.54) is 7.11 Å². The van der Waals surface area contributed by atoms with Crippen LogP contribution >= 0.6 is 0 Å². The zero-order valence-electron chi connectivity index (χ0n) is 10.8. The molecule has 0 aliphatic heterocycles. The van der Waals surface area contributed by atoms with Crippen molar-refractivity contribution in [2.45, 2.75) is 39.7 Å². The number of hydrogen-bond donors (Lipinski definition) is 2. The van der Waals surface area contributed by atoms with E-state index in [1.54, 1.807) is 0 Å². The van der Waals surface area contributed by atoms with Gasteiger partial charge in [0.15, 0.2) is 5.78 Å². The van der Waals surface area contributed by atoms with Crippen molar-refractivity contribution in [3.05, 3.63) is 0 Å². The van der Waals surface area contributed by atoms with Crippen molar-refractivity contribution >= 4 is 11.9 Å². The van der Waals surface area contributed by atoms with Gasteiger partial charge in [-0.2, -0.15) is 0 Å². The van der Waals surface area contributed by atoms with Crippen LogP contribution in [-0.4, -0.2) is 25.0 Å². The van der Waals surface area contributed by atoms with E-state index in [0.29, 0.717) is 0 Å². The van der Waals surface area contributed by atoms with E-state index < -0.39 is 6.09 Å². The molecule has 0 spiro atoms. The molecule has 2 aliphatic rings. The van der Waals surface area contributed by atoms with E-state index in [-0.39, 0.29) is 28.6 Å². The molecule has 5 nitrogen and oxygen atoms in total. The summed E-state index contributed by atoms with van der Waals surface area (Å²) in [6.07, 6.45) is 1.40. The van der Waals surface area contributed by atoms with Crippen LogP contribution in [0.3, 0.4) is 0 Å². The second kappa shape index (κ2) is 3.70. The number of nitrogens with one attached hydrogen (secondary N) is 2. The highest BCUT2D eigenvalue weighted by atomic mass is 16.5. The Labute approximate surface area is 101 Å². The lowest BCUT2D eigenvalue weighted by molar-refractivity contribution is -0.130. The fraction of sp³-hybridized carbons (Fsp3) is 0.833. The molecule has 2 aliphatic carbocycles. The van der Waals surface area contributed by atoms with Gasteiger partial charge in [0.1, 0.15) is 0 Å². The van der Waals surface area contributed by atoms with Gasteiger partial charge in [0.05, 0.1) is 13.2 Å². The summed E-state index contributed by atoms with van der Waals surface area (Å²) < 4.78 is 4.48. The molecule has 2 saturated carbocycles. The number of Topliss-reactive ketones (excluding diaryl/α,β-unsaturated/α-hetero) is 1. The largest absolute Gasteiger partial charge is 0.452 e. The highest BCUT2D eigenvalue weighted by Gasteiger charge is 2.66. The normalized spacial score (nSPS) is 38.2. The zero-order valence-corrected chi connectivity index (χ0v) is 10.8. The Kier molecular flexibility index (Phi) is 2.69. The molecule has 0 aromatic heterocycles. The molecule has 0 unspecified atom stereocenters. The minimum Gasteiger partial charge on any atom is -0.452 e. The SMILES string of the molecule is COC(=O)NN[C@H]1C(=O)[C@]2(C)CC[C@H]1C2(C)C. The zero-order chi connectivity index (χ0) is 12.8. The lowest BCUT2D eigenvalue weighted by atomic mass is 9.70. The maximum absolute atomic E-state index is 12.4. The van der Waals surface area contributed by atoms with Crippen LogP contribution in [0.1, 0.15) is 33.6 Å². The molecule has 17 heavy (non-hydrogen) atoms. The Hall–Kier alpha value is -1.10. The maximum Gasteiger partial charge on any atom is 0.421 e. The average molecular weight is 240 g/mol. The molecule has 3 atom stereocenters. The first-order valence-electron chi connectivity index (χ1n) is 5.98. The van der Waals surface area contributed by atoms with Gasteiger partial charge in [-0.25, -0.2) is 10.2 Å². The standard InChI is InChI=1S/C12H20N2O3/c1-11(2)7-5-6-12(11,3)9(15)8(7)13-14-10(16)17-4/h7-8,13H,5-6H2,1-4H3,(H,14,16)/t7-,8-,12+/m1/s1. The predicted octanol–water partition coefficient (Wildman–Crippen LogP) is 1.24. The topological polar surface area (TPSA) is 67.4 Å². The molecule has 0 aromatic rings. The first-order chi connectivity index (χ1) is 7.84. The van der Waals surface area contributed by atoms with Crippen molar-refractivity contribution < 1.29 is 14.3 Å². The third-order valence-corrected chi connectivity index (χ3v) is 5.05. The Morgan fingerprint density at radius 2 is 2.06 bits per heavy atom. The van der Waals surface area contributed by atoms with E-state index in [0.717, 1.165) is 12.8 Å². The summed E-state index contributed by atoms with van der Waals surface area (Å²) in [4.78, 5) is 23.4. The van der Waals surface area contributed by atoms with Gasteiger partial charge in [-0.15, -0.1) is 0 Å². The van der Waals surface area contributed by atoms with Gasteiger partial charge in [0, 0.05) is 5.41 Å². The summed E-state index contributed by atoms with van der Waals surface area (Å²) in [7, 11) is 1.30. The lowest BCUT2D eigenvalue weighted by Crippen LogP contribution is -2.51. The van der Waals surface area contributed by atoms with Crippen LogP contribution in [0.5, 0.6) is 0 Å². The third kappa shape index (κ3) is 1.48. The summed E-state index contributed by atoms with van der Waals surface area (Å²) in [6.45, 7) is 6.32. The van der Waals surface area contributed by atoms with E-state index >= 15 is 0 Å². The van der Waals surface area contributed by atoms with Crippen molar-refractivity contribution in [1.82, 2.24) is 10.9 Å². The van der Waals surface area contributed by atoms with Crippen LogP contribution in [0.2, 0.25) is 0 Å². The summed E-state index contributed by atoms with van der Waals surface area (Å²) >= 11 is 0. The average Bonchev–Trinajstić information content (AvgIpc) is 2.59. The van der Waals surface area contributed by atoms with Gasteiger partial charge < -0.3 is 4.74 Å². The summed E-state index contributed by atoms with van der Waals surface area (Å²) in [6, 6.07) is -0.289. The molecule has 0 saturated heterocycles. The lowest BCUT2D eigenvalue weighted by Gasteiger charge is -2.32. The van der Waals surface area contributed by atoms with Gasteiger partial charge in [-0.1, -0.05) is 20.8 Å². The molecule has 0 aromatic carbocycles. The Balaban J connectivity index is 2.12. The van der Waals surface area contributed by atoms with E-state index in [1.807, 2.05) is 6.92 Å². The number of methoxy groups -OCH3 is 1. The minimum atomic E-state index is -0.566. The van der Waals surface area contributed by atoms with Crippen LogP contribution in [0, 0.1) is 16.7 Å². The molecule has 0 heterocycles. The highest BCUT2D eigenvalue weighted by molar-refractivity contribution is 5.94. The first-order valence-corrected chi connectivity index (χ1v) is 5.98. The van der Waals surface area contributed by atoms with Gasteiger partial charge in [-0.3, -0.25) is 10.2 Å². The highest BCUT2D eigenvalue weighted by Crippen LogP contribution is 2.63. The van der Waals surface area contributed by atoms with Crippen molar-refractivity contribution in [3.63, 3.8) is 0 Å². The molecule has 2 bridgehead atoms. The monoisotopic (exact) mass is 240 g/mol. The second-order valence-electron chi connectivity index (χ2n) is 5.80. The minimum absolute atomic E-state index is 0.0143. The quantitative estimate of drug-likeness (QED) is 0.713. The molecule has 96 valence electrons.